The van der Waals surface area contributed by atoms with Crippen LogP contribution in [0.25, 0.3) is 33.4 Å². The molecular formula is C36H14F2N6. The molecule has 0 aromatic heterocycles. The fourth-order valence-corrected chi connectivity index (χ4v) is 6.40. The van der Waals surface area contributed by atoms with Crippen molar-refractivity contribution in [2.75, 3.05) is 0 Å². The minimum atomic E-state index is -0.647. The third kappa shape index (κ3) is 4.01. The van der Waals surface area contributed by atoms with Crippen LogP contribution in [0, 0.1) is 79.6 Å². The summed E-state index contributed by atoms with van der Waals surface area (Å²) in [5.41, 5.74) is 5.29. The first-order valence-corrected chi connectivity index (χ1v) is 13.2. The van der Waals surface area contributed by atoms with Crippen LogP contribution in [0.5, 0.6) is 0 Å². The van der Waals surface area contributed by atoms with Gasteiger partial charge in [-0.15, -0.1) is 0 Å². The van der Waals surface area contributed by atoms with Crippen LogP contribution < -0.4 is 0 Å². The number of benzene rings is 4. The second-order valence-corrected chi connectivity index (χ2v) is 10.2. The maximum absolute atomic E-state index is 13.9. The van der Waals surface area contributed by atoms with Gasteiger partial charge in [-0.3, -0.25) is 0 Å². The van der Waals surface area contributed by atoms with Crippen LogP contribution in [-0.4, -0.2) is 0 Å². The van der Waals surface area contributed by atoms with Crippen LogP contribution in [-0.2, 0) is 0 Å². The Kier molecular flexibility index (Phi) is 6.54. The van der Waals surface area contributed by atoms with Gasteiger partial charge < -0.3 is 0 Å². The summed E-state index contributed by atoms with van der Waals surface area (Å²) in [5.74, 6) is -2.42. The predicted octanol–water partition coefficient (Wildman–Crippen LogP) is 7.54. The molecule has 0 N–H and O–H groups in total. The van der Waals surface area contributed by atoms with Gasteiger partial charge >= 0.3 is 0 Å². The van der Waals surface area contributed by atoms with E-state index < -0.39 is 23.5 Å². The third-order valence-electron chi connectivity index (χ3n) is 8.12. The lowest BCUT2D eigenvalue weighted by molar-refractivity contribution is 0.627. The van der Waals surface area contributed by atoms with Gasteiger partial charge in [-0.25, -0.2) is 8.78 Å². The third-order valence-corrected chi connectivity index (χ3v) is 8.12. The molecular weight excluding hydrogens is 554 g/mol. The van der Waals surface area contributed by atoms with Gasteiger partial charge in [-0.2, -0.15) is 31.6 Å². The normalized spacial score (nSPS) is 15.3. The van der Waals surface area contributed by atoms with E-state index in [1.54, 1.807) is 36.4 Å². The molecule has 4 aromatic carbocycles. The summed E-state index contributed by atoms with van der Waals surface area (Å²) in [7, 11) is 0. The first kappa shape index (κ1) is 27.3. The lowest BCUT2D eigenvalue weighted by Gasteiger charge is -2.15. The van der Waals surface area contributed by atoms with Crippen molar-refractivity contribution in [2.45, 2.75) is 11.8 Å². The maximum Gasteiger partial charge on any atom is 0.134 e. The largest absolute Gasteiger partial charge is 0.207 e. The number of halogens is 2. The number of rotatable bonds is 2. The van der Waals surface area contributed by atoms with Crippen molar-refractivity contribution in [1.29, 1.82) is 31.6 Å². The van der Waals surface area contributed by atoms with Gasteiger partial charge in [0.2, 0.25) is 0 Å². The second kappa shape index (κ2) is 10.5. The fourth-order valence-electron chi connectivity index (χ4n) is 6.40. The van der Waals surface area contributed by atoms with Crippen molar-refractivity contribution >= 4 is 11.1 Å². The zero-order chi connectivity index (χ0) is 31.1. The van der Waals surface area contributed by atoms with Gasteiger partial charge in [0.25, 0.3) is 0 Å². The topological polar surface area (TPSA) is 143 Å². The highest BCUT2D eigenvalue weighted by Gasteiger charge is 2.49. The number of nitriles is 6. The van der Waals surface area contributed by atoms with E-state index in [0.29, 0.717) is 55.7 Å². The molecule has 0 spiro atoms. The van der Waals surface area contributed by atoms with E-state index in [4.69, 9.17) is 0 Å². The van der Waals surface area contributed by atoms with Gasteiger partial charge in [0.05, 0.1) is 23.3 Å². The molecule has 0 bridgehead atoms. The Balaban J connectivity index is 1.68. The molecule has 0 fully saturated rings. The van der Waals surface area contributed by atoms with Crippen molar-refractivity contribution in [2.24, 2.45) is 0 Å². The Morgan fingerprint density at radius 3 is 1.18 bits per heavy atom. The van der Waals surface area contributed by atoms with Crippen LogP contribution in [0.3, 0.4) is 0 Å². The van der Waals surface area contributed by atoms with E-state index in [0.717, 1.165) is 12.1 Å². The van der Waals surface area contributed by atoms with Crippen LogP contribution in [0.15, 0.2) is 83.9 Å². The predicted molar refractivity (Wildman–Crippen MR) is 155 cm³/mol. The molecule has 44 heavy (non-hydrogen) atoms. The highest BCUT2D eigenvalue weighted by Crippen LogP contribution is 2.64. The first-order chi connectivity index (χ1) is 21.4. The molecule has 0 aliphatic heterocycles. The summed E-state index contributed by atoms with van der Waals surface area (Å²) in [6.45, 7) is 0. The lowest BCUT2D eigenvalue weighted by atomic mass is 9.85. The number of nitrogens with zero attached hydrogens (tertiary/aromatic N) is 6. The molecule has 2 unspecified atom stereocenters. The summed E-state index contributed by atoms with van der Waals surface area (Å²) in [6.07, 6.45) is 0. The van der Waals surface area contributed by atoms with E-state index in [1.807, 2.05) is 36.4 Å². The maximum atomic E-state index is 13.9. The molecule has 2 atom stereocenters. The Labute approximate surface area is 250 Å². The number of hydrogen-bond donors (Lipinski definition) is 0. The number of hydrogen-bond acceptors (Lipinski definition) is 6. The van der Waals surface area contributed by atoms with E-state index in [-0.39, 0.29) is 22.3 Å². The monoisotopic (exact) mass is 568 g/mol. The Bertz CT molecular complexity index is 2090. The zero-order valence-corrected chi connectivity index (χ0v) is 22.5. The highest BCUT2D eigenvalue weighted by atomic mass is 19.1. The smallest absolute Gasteiger partial charge is 0.134 e. The summed E-state index contributed by atoms with van der Waals surface area (Å²) < 4.78 is 27.9. The van der Waals surface area contributed by atoms with Crippen molar-refractivity contribution in [3.05, 3.63) is 129 Å². The standard InChI is InChI=1S/C36H14F2N6/c37-25-3-7-27(21(9-25)13-39)19-1-5-29-31(11-19)35-34(24(17-43)18-44)30-6-2-20(28-8-4-26(38)10-22(28)14-40)12-32(30)36(35)33(29)23(15-41)16-42/h1-12,35-36H. The Morgan fingerprint density at radius 1 is 0.477 bits per heavy atom. The van der Waals surface area contributed by atoms with E-state index in [2.05, 4.69) is 0 Å². The number of fused-ring (bicyclic) bond motifs is 5. The molecule has 0 saturated heterocycles. The van der Waals surface area contributed by atoms with Crippen molar-refractivity contribution in [1.82, 2.24) is 0 Å². The molecule has 0 saturated carbocycles. The first-order valence-electron chi connectivity index (χ1n) is 13.2. The van der Waals surface area contributed by atoms with Gasteiger partial charge in [0, 0.05) is 11.8 Å². The SMILES string of the molecule is N#CC(C#N)=C1c2ccc(-c3ccc(F)cc3C#N)cc2C2C(=C(C#N)C#N)c3ccc(-c4ccc(F)cc4C#N)cc3C12. The molecule has 2 aliphatic rings. The van der Waals surface area contributed by atoms with E-state index in [9.17, 15) is 40.4 Å². The van der Waals surface area contributed by atoms with Gasteiger partial charge in [0.15, 0.2) is 0 Å². The van der Waals surface area contributed by atoms with Crippen LogP contribution in [0.1, 0.15) is 45.2 Å². The average Bonchev–Trinajstić information content (AvgIpc) is 3.54. The van der Waals surface area contributed by atoms with Crippen molar-refractivity contribution in [3.63, 3.8) is 0 Å². The molecule has 202 valence electrons. The lowest BCUT2D eigenvalue weighted by Crippen LogP contribution is -2.01. The summed E-state index contributed by atoms with van der Waals surface area (Å²) in [6, 6.07) is 30.2. The summed E-state index contributed by atoms with van der Waals surface area (Å²) in [4.78, 5) is 0. The zero-order valence-electron chi connectivity index (χ0n) is 22.5. The van der Waals surface area contributed by atoms with Crippen LogP contribution >= 0.6 is 0 Å². The second-order valence-electron chi connectivity index (χ2n) is 10.2. The Morgan fingerprint density at radius 2 is 0.841 bits per heavy atom. The Hall–Kier alpha value is -6.84. The molecule has 8 heteroatoms. The average molecular weight is 569 g/mol. The van der Waals surface area contributed by atoms with Gasteiger partial charge in [-0.05, 0) is 92.1 Å². The van der Waals surface area contributed by atoms with E-state index >= 15 is 0 Å². The molecule has 6 rings (SSSR count). The minimum absolute atomic E-state index is 0.113. The van der Waals surface area contributed by atoms with Crippen LogP contribution in [0.4, 0.5) is 8.78 Å². The highest BCUT2D eigenvalue weighted by molar-refractivity contribution is 6.00. The molecule has 0 amide bonds. The number of allylic oxidation sites excluding steroid dienone is 4. The molecule has 0 heterocycles. The molecule has 4 aromatic rings. The van der Waals surface area contributed by atoms with Crippen molar-refractivity contribution in [3.8, 4) is 58.7 Å². The van der Waals surface area contributed by atoms with Gasteiger partial charge in [-0.1, -0.05) is 36.4 Å². The summed E-state index contributed by atoms with van der Waals surface area (Å²) in [5, 5.41) is 59.4. The molecule has 2 aliphatic carbocycles. The molecule has 6 nitrogen and oxygen atoms in total. The van der Waals surface area contributed by atoms with Crippen LogP contribution in [0.2, 0.25) is 0 Å². The van der Waals surface area contributed by atoms with Crippen molar-refractivity contribution < 1.29 is 8.78 Å². The van der Waals surface area contributed by atoms with E-state index in [1.165, 1.54) is 24.3 Å². The fraction of sp³-hybridized carbons (Fsp3) is 0.0556. The summed E-state index contributed by atoms with van der Waals surface area (Å²) >= 11 is 0. The molecule has 0 radical (unpaired) electrons. The van der Waals surface area contributed by atoms with Gasteiger partial charge in [0.1, 0.15) is 47.1 Å². The quantitative estimate of drug-likeness (QED) is 0.229. The minimum Gasteiger partial charge on any atom is -0.207 e.